The minimum atomic E-state index is 0.179. The summed E-state index contributed by atoms with van der Waals surface area (Å²) in [4.78, 5) is 2.64. The Bertz CT molecular complexity index is 623. The molecule has 2 heteroatoms. The maximum absolute atomic E-state index is 5.48. The van der Waals surface area contributed by atoms with Gasteiger partial charge in [-0.2, -0.15) is 0 Å². The number of rotatable bonds is 18. The van der Waals surface area contributed by atoms with Gasteiger partial charge in [0, 0.05) is 23.7 Å². The van der Waals surface area contributed by atoms with Gasteiger partial charge >= 0.3 is 0 Å². The second-order valence-electron chi connectivity index (χ2n) is 10.8. The summed E-state index contributed by atoms with van der Waals surface area (Å²) in [5.74, 6) is 0.980. The highest BCUT2D eigenvalue weighted by Crippen LogP contribution is 2.46. The van der Waals surface area contributed by atoms with Crippen LogP contribution in [-0.4, -0.2) is 19.7 Å². The molecule has 0 N–H and O–H groups in total. The summed E-state index contributed by atoms with van der Waals surface area (Å²) in [6.45, 7) is 10.6. The predicted molar refractivity (Wildman–Crippen MR) is 142 cm³/mol. The molecule has 1 heterocycles. The molecule has 1 aliphatic rings. The fourth-order valence-corrected chi connectivity index (χ4v) is 5.38. The van der Waals surface area contributed by atoms with Crippen molar-refractivity contribution in [1.82, 2.24) is 0 Å². The Morgan fingerprint density at radius 2 is 1.22 bits per heavy atom. The Labute approximate surface area is 200 Å². The van der Waals surface area contributed by atoms with Crippen molar-refractivity contribution in [3.63, 3.8) is 0 Å². The first-order chi connectivity index (χ1) is 15.5. The molecular weight excluding hydrogens is 390 g/mol. The van der Waals surface area contributed by atoms with Crippen LogP contribution in [0.3, 0.4) is 0 Å². The lowest BCUT2D eigenvalue weighted by atomic mass is 9.81. The van der Waals surface area contributed by atoms with Crippen LogP contribution in [0.5, 0.6) is 5.75 Å². The molecule has 1 unspecified atom stereocenters. The van der Waals surface area contributed by atoms with E-state index in [1.54, 1.807) is 7.11 Å². The molecule has 1 aliphatic heterocycles. The quantitative estimate of drug-likeness (QED) is 0.209. The molecule has 0 aliphatic carbocycles. The van der Waals surface area contributed by atoms with E-state index in [0.717, 1.165) is 5.75 Å². The van der Waals surface area contributed by atoms with Crippen LogP contribution in [0.2, 0.25) is 0 Å². The summed E-state index contributed by atoms with van der Waals surface area (Å²) in [6, 6.07) is 7.18. The van der Waals surface area contributed by atoms with E-state index in [2.05, 4.69) is 50.8 Å². The van der Waals surface area contributed by atoms with Gasteiger partial charge in [0.2, 0.25) is 0 Å². The summed E-state index contributed by atoms with van der Waals surface area (Å²) in [7, 11) is 1.77. The first-order valence-electron chi connectivity index (χ1n) is 14.0. The number of benzene rings is 1. The average Bonchev–Trinajstić information content (AvgIpc) is 2.98. The van der Waals surface area contributed by atoms with E-state index in [1.165, 1.54) is 121 Å². The number of methoxy groups -OCH3 is 1. The molecule has 2 nitrogen and oxygen atoms in total. The summed E-state index contributed by atoms with van der Waals surface area (Å²) < 4.78 is 5.48. The lowest BCUT2D eigenvalue weighted by Gasteiger charge is -2.31. The van der Waals surface area contributed by atoms with Gasteiger partial charge in [-0.15, -0.1) is 0 Å². The molecule has 0 radical (unpaired) electrons. The highest BCUT2D eigenvalue weighted by Gasteiger charge is 2.41. The van der Waals surface area contributed by atoms with Gasteiger partial charge in [0.25, 0.3) is 0 Å². The third-order valence-corrected chi connectivity index (χ3v) is 7.97. The first kappa shape index (κ1) is 27.1. The van der Waals surface area contributed by atoms with Gasteiger partial charge < -0.3 is 9.64 Å². The van der Waals surface area contributed by atoms with Crippen molar-refractivity contribution in [2.24, 2.45) is 0 Å². The van der Waals surface area contributed by atoms with Crippen molar-refractivity contribution >= 4 is 5.69 Å². The van der Waals surface area contributed by atoms with Crippen LogP contribution in [0.25, 0.3) is 0 Å². The number of unbranched alkanes of at least 4 members (excludes halogenated alkanes) is 15. The lowest BCUT2D eigenvalue weighted by Crippen LogP contribution is -2.39. The summed E-state index contributed by atoms with van der Waals surface area (Å²) in [6.07, 6.45) is 22.9. The zero-order valence-electron chi connectivity index (χ0n) is 22.2. The van der Waals surface area contributed by atoms with Crippen LogP contribution in [0.15, 0.2) is 18.2 Å². The van der Waals surface area contributed by atoms with Gasteiger partial charge in [0.05, 0.1) is 7.11 Å². The summed E-state index contributed by atoms with van der Waals surface area (Å²) >= 11 is 0. The van der Waals surface area contributed by atoms with Crippen molar-refractivity contribution in [3.8, 4) is 5.75 Å². The minimum Gasteiger partial charge on any atom is -0.497 e. The van der Waals surface area contributed by atoms with Gasteiger partial charge in [-0.05, 0) is 37.1 Å². The summed E-state index contributed by atoms with van der Waals surface area (Å²) in [5, 5.41) is 0. The van der Waals surface area contributed by atoms with Crippen molar-refractivity contribution in [1.29, 1.82) is 0 Å². The molecule has 0 saturated carbocycles. The SMILES string of the molecule is CCCCCCCCCCCCCCCCCCN1c2ccc(OC)cc2C(C)(C)C1C. The Kier molecular flexibility index (Phi) is 12.6. The number of nitrogens with zero attached hydrogens (tertiary/aromatic N) is 1. The van der Waals surface area contributed by atoms with Crippen LogP contribution in [-0.2, 0) is 5.41 Å². The molecular formula is C30H53NO. The second-order valence-corrected chi connectivity index (χ2v) is 10.8. The number of ether oxygens (including phenoxy) is 1. The van der Waals surface area contributed by atoms with Crippen molar-refractivity contribution in [2.45, 2.75) is 142 Å². The van der Waals surface area contributed by atoms with Gasteiger partial charge in [0.1, 0.15) is 5.75 Å². The zero-order chi connectivity index (χ0) is 23.2. The second kappa shape index (κ2) is 14.9. The molecule has 0 saturated heterocycles. The number of anilines is 1. The van der Waals surface area contributed by atoms with E-state index in [1.807, 2.05) is 0 Å². The van der Waals surface area contributed by atoms with Gasteiger partial charge in [-0.25, -0.2) is 0 Å². The van der Waals surface area contributed by atoms with E-state index in [9.17, 15) is 0 Å². The Morgan fingerprint density at radius 3 is 1.69 bits per heavy atom. The third-order valence-electron chi connectivity index (χ3n) is 7.97. The average molecular weight is 444 g/mol. The van der Waals surface area contributed by atoms with Crippen molar-refractivity contribution < 1.29 is 4.74 Å². The molecule has 184 valence electrons. The monoisotopic (exact) mass is 443 g/mol. The van der Waals surface area contributed by atoms with Crippen LogP contribution >= 0.6 is 0 Å². The normalized spacial score (nSPS) is 17.0. The van der Waals surface area contributed by atoms with Crippen LogP contribution in [0.4, 0.5) is 5.69 Å². The zero-order valence-corrected chi connectivity index (χ0v) is 22.2. The van der Waals surface area contributed by atoms with E-state index in [-0.39, 0.29) is 5.41 Å². The van der Waals surface area contributed by atoms with E-state index < -0.39 is 0 Å². The van der Waals surface area contributed by atoms with Gasteiger partial charge in [-0.1, -0.05) is 117 Å². The molecule has 1 atom stereocenters. The first-order valence-corrected chi connectivity index (χ1v) is 14.0. The highest BCUT2D eigenvalue weighted by molar-refractivity contribution is 5.65. The van der Waals surface area contributed by atoms with Crippen molar-refractivity contribution in [3.05, 3.63) is 23.8 Å². The number of fused-ring (bicyclic) bond motifs is 1. The predicted octanol–water partition coefficient (Wildman–Crippen LogP) is 9.44. The largest absolute Gasteiger partial charge is 0.497 e. The minimum absolute atomic E-state index is 0.179. The molecule has 0 aromatic heterocycles. The van der Waals surface area contributed by atoms with E-state index in [4.69, 9.17) is 4.74 Å². The van der Waals surface area contributed by atoms with E-state index in [0.29, 0.717) is 6.04 Å². The molecule has 0 bridgehead atoms. The smallest absolute Gasteiger partial charge is 0.119 e. The fraction of sp³-hybridized carbons (Fsp3) is 0.800. The third kappa shape index (κ3) is 8.31. The number of hydrogen-bond acceptors (Lipinski definition) is 2. The highest BCUT2D eigenvalue weighted by atomic mass is 16.5. The molecule has 0 fully saturated rings. The topological polar surface area (TPSA) is 12.5 Å². The van der Waals surface area contributed by atoms with E-state index >= 15 is 0 Å². The van der Waals surface area contributed by atoms with Crippen LogP contribution in [0.1, 0.15) is 136 Å². The molecule has 0 spiro atoms. The number of hydrogen-bond donors (Lipinski definition) is 0. The molecule has 1 aromatic rings. The van der Waals surface area contributed by atoms with Gasteiger partial charge in [0.15, 0.2) is 0 Å². The molecule has 1 aromatic carbocycles. The lowest BCUT2D eigenvalue weighted by molar-refractivity contribution is 0.409. The molecule has 2 rings (SSSR count). The maximum atomic E-state index is 5.48. The van der Waals surface area contributed by atoms with Crippen LogP contribution in [0, 0.1) is 0 Å². The van der Waals surface area contributed by atoms with Crippen LogP contribution < -0.4 is 9.64 Å². The standard InChI is InChI=1S/C30H53NO/c1-6-7-8-9-10-11-12-13-14-15-16-17-18-19-20-21-24-31-26(2)30(3,4)28-25-27(32-5)22-23-29(28)31/h22-23,25-26H,6-21,24H2,1-5H3. The maximum Gasteiger partial charge on any atom is 0.119 e. The fourth-order valence-electron chi connectivity index (χ4n) is 5.38. The molecule has 32 heavy (non-hydrogen) atoms. The van der Waals surface area contributed by atoms with Crippen molar-refractivity contribution in [2.75, 3.05) is 18.6 Å². The molecule has 0 amide bonds. The Balaban J connectivity index is 1.49. The van der Waals surface area contributed by atoms with Gasteiger partial charge in [-0.3, -0.25) is 0 Å². The summed E-state index contributed by atoms with van der Waals surface area (Å²) in [5.41, 5.74) is 3.05. The Morgan fingerprint density at radius 1 is 0.750 bits per heavy atom. The Hall–Kier alpha value is -1.18.